The van der Waals surface area contributed by atoms with Gasteiger partial charge in [-0.3, -0.25) is 0 Å². The van der Waals surface area contributed by atoms with Gasteiger partial charge in [-0.05, 0) is 11.6 Å². The Bertz CT molecular complexity index is 543. The number of hydrogen-bond acceptors (Lipinski definition) is 3. The van der Waals surface area contributed by atoms with Crippen LogP contribution < -0.4 is 5.73 Å². The van der Waals surface area contributed by atoms with Crippen LogP contribution in [0.5, 0.6) is 0 Å². The fraction of sp³-hybridized carbons (Fsp3) is 0.0714. The van der Waals surface area contributed by atoms with Crippen LogP contribution in [0.2, 0.25) is 0 Å². The number of nitrogen functional groups attached to an aromatic ring is 1. The van der Waals surface area contributed by atoms with Gasteiger partial charge in [0.2, 0.25) is 5.90 Å². The number of anilines is 1. The molecule has 2 rings (SSSR count). The number of nitrogens with zero attached hydrogens (tertiary/aromatic N) is 1. The second-order valence-electron chi connectivity index (χ2n) is 3.70. The normalized spacial score (nSPS) is 11.2. The van der Waals surface area contributed by atoms with E-state index in [1.165, 1.54) is 6.20 Å². The lowest BCUT2D eigenvalue weighted by atomic mass is 10.2. The number of aromatic amines is 1. The average molecular weight is 241 g/mol. The summed E-state index contributed by atoms with van der Waals surface area (Å²) in [7, 11) is 0. The van der Waals surface area contributed by atoms with Crippen LogP contribution in [0.4, 0.5) is 5.69 Å². The van der Waals surface area contributed by atoms with Crippen LogP contribution in [0.25, 0.3) is 0 Å². The van der Waals surface area contributed by atoms with Crippen LogP contribution in [-0.2, 0) is 11.3 Å². The van der Waals surface area contributed by atoms with E-state index < -0.39 is 0 Å². The molecule has 0 atom stereocenters. The fourth-order valence-corrected chi connectivity index (χ4v) is 1.55. The first-order chi connectivity index (χ1) is 8.81. The quantitative estimate of drug-likeness (QED) is 0.638. The molecule has 0 bridgehead atoms. The van der Waals surface area contributed by atoms with Crippen molar-refractivity contribution in [1.29, 1.82) is 0 Å². The molecule has 0 saturated heterocycles. The molecule has 92 valence electrons. The maximum atomic E-state index is 5.81. The third-order valence-corrected chi connectivity index (χ3v) is 2.42. The summed E-state index contributed by atoms with van der Waals surface area (Å²) >= 11 is 0. The first-order valence-corrected chi connectivity index (χ1v) is 5.60. The van der Waals surface area contributed by atoms with Crippen LogP contribution in [0, 0.1) is 0 Å². The number of nitrogens with one attached hydrogen (secondary N) is 1. The first-order valence-electron chi connectivity index (χ1n) is 5.60. The van der Waals surface area contributed by atoms with E-state index >= 15 is 0 Å². The minimum atomic E-state index is 0.436. The molecule has 0 aliphatic carbocycles. The Hall–Kier alpha value is -2.49. The Balaban J connectivity index is 2.12. The molecule has 2 aromatic rings. The molecule has 0 spiro atoms. The van der Waals surface area contributed by atoms with Crippen LogP contribution >= 0.6 is 0 Å². The molecule has 0 fully saturated rings. The number of ether oxygens (including phenoxy) is 1. The monoisotopic (exact) mass is 241 g/mol. The van der Waals surface area contributed by atoms with Gasteiger partial charge in [-0.25, -0.2) is 4.99 Å². The molecule has 1 heterocycles. The molecule has 0 saturated carbocycles. The third-order valence-electron chi connectivity index (χ3n) is 2.42. The second kappa shape index (κ2) is 5.72. The van der Waals surface area contributed by atoms with E-state index in [2.05, 4.69) is 16.6 Å². The summed E-state index contributed by atoms with van der Waals surface area (Å²) in [6.07, 6.45) is 3.18. The molecular weight excluding hydrogens is 226 g/mol. The maximum Gasteiger partial charge on any atom is 0.240 e. The molecule has 3 N–H and O–H groups in total. The molecule has 4 heteroatoms. The highest BCUT2D eigenvalue weighted by Crippen LogP contribution is 2.12. The Kier molecular flexibility index (Phi) is 3.81. The highest BCUT2D eigenvalue weighted by Gasteiger charge is 2.09. The third kappa shape index (κ3) is 2.79. The predicted molar refractivity (Wildman–Crippen MR) is 73.2 cm³/mol. The average Bonchev–Trinajstić information content (AvgIpc) is 2.82. The highest BCUT2D eigenvalue weighted by molar-refractivity contribution is 5.97. The predicted octanol–water partition coefficient (Wildman–Crippen LogP) is 2.70. The van der Waals surface area contributed by atoms with Gasteiger partial charge in [-0.2, -0.15) is 0 Å². The molecule has 1 aromatic heterocycles. The molecule has 0 aliphatic heterocycles. The summed E-state index contributed by atoms with van der Waals surface area (Å²) in [5.74, 6) is 0.441. The van der Waals surface area contributed by atoms with Gasteiger partial charge in [-0.15, -0.1) is 0 Å². The SMILES string of the molecule is C=CN=C(OCc1ccccc1)c1[nH]ccc1N. The second-order valence-corrected chi connectivity index (χ2v) is 3.70. The number of aliphatic imine (C=N–C) groups is 1. The van der Waals surface area contributed by atoms with E-state index in [9.17, 15) is 0 Å². The summed E-state index contributed by atoms with van der Waals surface area (Å²) in [4.78, 5) is 7.09. The number of H-pyrrole nitrogens is 1. The van der Waals surface area contributed by atoms with Gasteiger partial charge in [0.15, 0.2) is 0 Å². The molecule has 0 radical (unpaired) electrons. The number of nitrogens with two attached hydrogens (primary N) is 1. The summed E-state index contributed by atoms with van der Waals surface area (Å²) in [5, 5.41) is 0. The standard InChI is InChI=1S/C14H15N3O/c1-2-16-14(13-12(15)8-9-17-13)18-10-11-6-4-3-5-7-11/h2-9,17H,1,10,15H2. The summed E-state index contributed by atoms with van der Waals surface area (Å²) in [5.41, 5.74) is 8.16. The zero-order valence-electron chi connectivity index (χ0n) is 9.97. The summed E-state index contributed by atoms with van der Waals surface area (Å²) in [6, 6.07) is 11.6. The van der Waals surface area contributed by atoms with E-state index in [1.807, 2.05) is 30.3 Å². The molecule has 0 amide bonds. The molecular formula is C14H15N3O. The van der Waals surface area contributed by atoms with Crippen LogP contribution in [-0.4, -0.2) is 10.9 Å². The molecule has 18 heavy (non-hydrogen) atoms. The largest absolute Gasteiger partial charge is 0.471 e. The van der Waals surface area contributed by atoms with E-state index in [-0.39, 0.29) is 0 Å². The first kappa shape index (κ1) is 12.0. The Morgan fingerprint density at radius 2 is 2.11 bits per heavy atom. The number of benzene rings is 1. The fourth-order valence-electron chi connectivity index (χ4n) is 1.55. The van der Waals surface area contributed by atoms with Crippen LogP contribution in [0.1, 0.15) is 11.3 Å². The van der Waals surface area contributed by atoms with Crippen molar-refractivity contribution in [3.63, 3.8) is 0 Å². The number of rotatable bonds is 4. The van der Waals surface area contributed by atoms with Gasteiger partial charge < -0.3 is 15.5 Å². The van der Waals surface area contributed by atoms with E-state index in [4.69, 9.17) is 10.5 Å². The minimum Gasteiger partial charge on any atom is -0.471 e. The lowest BCUT2D eigenvalue weighted by molar-refractivity contribution is 0.293. The Morgan fingerprint density at radius 1 is 1.33 bits per heavy atom. The number of aromatic nitrogens is 1. The van der Waals surface area contributed by atoms with Gasteiger partial charge in [0.25, 0.3) is 0 Å². The summed E-state index contributed by atoms with van der Waals surface area (Å²) in [6.45, 7) is 4.01. The van der Waals surface area contributed by atoms with Crippen molar-refractivity contribution in [2.45, 2.75) is 6.61 Å². The van der Waals surface area contributed by atoms with Crippen molar-refractivity contribution >= 4 is 11.6 Å². The lowest BCUT2D eigenvalue weighted by Crippen LogP contribution is -2.09. The lowest BCUT2D eigenvalue weighted by Gasteiger charge is -2.08. The van der Waals surface area contributed by atoms with E-state index in [0.717, 1.165) is 5.56 Å². The van der Waals surface area contributed by atoms with Crippen molar-refractivity contribution in [2.24, 2.45) is 4.99 Å². The van der Waals surface area contributed by atoms with Crippen molar-refractivity contribution in [3.05, 3.63) is 66.6 Å². The molecule has 4 nitrogen and oxygen atoms in total. The zero-order valence-corrected chi connectivity index (χ0v) is 9.97. The zero-order chi connectivity index (χ0) is 12.8. The van der Waals surface area contributed by atoms with E-state index in [1.54, 1.807) is 12.3 Å². The smallest absolute Gasteiger partial charge is 0.240 e. The van der Waals surface area contributed by atoms with Crippen molar-refractivity contribution in [3.8, 4) is 0 Å². The van der Waals surface area contributed by atoms with Crippen molar-refractivity contribution in [2.75, 3.05) is 5.73 Å². The van der Waals surface area contributed by atoms with Crippen LogP contribution in [0.3, 0.4) is 0 Å². The van der Waals surface area contributed by atoms with Gasteiger partial charge >= 0.3 is 0 Å². The Labute approximate surface area is 106 Å². The van der Waals surface area contributed by atoms with Gasteiger partial charge in [0, 0.05) is 12.4 Å². The molecule has 0 unspecified atom stereocenters. The van der Waals surface area contributed by atoms with Crippen molar-refractivity contribution in [1.82, 2.24) is 4.98 Å². The van der Waals surface area contributed by atoms with E-state index in [0.29, 0.717) is 23.9 Å². The van der Waals surface area contributed by atoms with Gasteiger partial charge in [0.1, 0.15) is 12.3 Å². The Morgan fingerprint density at radius 3 is 2.72 bits per heavy atom. The molecule has 0 aliphatic rings. The summed E-state index contributed by atoms with van der Waals surface area (Å²) < 4.78 is 5.66. The topological polar surface area (TPSA) is 63.4 Å². The van der Waals surface area contributed by atoms with Gasteiger partial charge in [-0.1, -0.05) is 36.9 Å². The highest BCUT2D eigenvalue weighted by atomic mass is 16.5. The molecule has 1 aromatic carbocycles. The van der Waals surface area contributed by atoms with Gasteiger partial charge in [0.05, 0.1) is 5.69 Å². The van der Waals surface area contributed by atoms with Crippen molar-refractivity contribution < 1.29 is 4.74 Å². The van der Waals surface area contributed by atoms with Crippen LogP contribution in [0.15, 0.2) is 60.4 Å². The maximum absolute atomic E-state index is 5.81. The number of hydrogen-bond donors (Lipinski definition) is 2. The minimum absolute atomic E-state index is 0.436.